The number of amides is 1. The molecule has 186 valence electrons. The Morgan fingerprint density at radius 2 is 1.94 bits per heavy atom. The third kappa shape index (κ3) is 4.56. The third-order valence-electron chi connectivity index (χ3n) is 6.16. The zero-order valence-electron chi connectivity index (χ0n) is 19.6. The second kappa shape index (κ2) is 9.14. The zero-order valence-corrected chi connectivity index (χ0v) is 19.6. The molecule has 2 aromatic heterocycles. The summed E-state index contributed by atoms with van der Waals surface area (Å²) < 4.78 is 48.4. The Morgan fingerprint density at radius 3 is 2.67 bits per heavy atom. The van der Waals surface area contributed by atoms with E-state index in [0.717, 1.165) is 21.8 Å². The molecule has 1 amide bonds. The number of hydrogen-bond acceptors (Lipinski definition) is 5. The third-order valence-corrected chi connectivity index (χ3v) is 6.16. The number of imidazole rings is 1. The van der Waals surface area contributed by atoms with Crippen LogP contribution in [0.15, 0.2) is 61.2 Å². The second-order valence-electron chi connectivity index (χ2n) is 8.62. The number of alkyl halides is 3. The Morgan fingerprint density at radius 1 is 1.14 bits per heavy atom. The number of hydrogen-bond donors (Lipinski definition) is 0. The first-order valence-electron chi connectivity index (χ1n) is 11.3. The summed E-state index contributed by atoms with van der Waals surface area (Å²) >= 11 is 0. The number of carbonyl (C=O) groups is 1. The predicted molar refractivity (Wildman–Crippen MR) is 125 cm³/mol. The summed E-state index contributed by atoms with van der Waals surface area (Å²) in [5, 5.41) is 8.39. The molecular formula is C25H23F3N6O2. The highest BCUT2D eigenvalue weighted by Gasteiger charge is 2.39. The van der Waals surface area contributed by atoms with E-state index in [4.69, 9.17) is 4.74 Å². The van der Waals surface area contributed by atoms with Crippen LogP contribution in [0.4, 0.5) is 13.2 Å². The number of carbonyl (C=O) groups excluding carboxylic acids is 1. The van der Waals surface area contributed by atoms with Crippen molar-refractivity contribution in [2.75, 3.05) is 20.2 Å². The monoisotopic (exact) mass is 496 g/mol. The van der Waals surface area contributed by atoms with E-state index in [9.17, 15) is 18.0 Å². The van der Waals surface area contributed by atoms with Gasteiger partial charge in [0.05, 0.1) is 31.0 Å². The van der Waals surface area contributed by atoms with Crippen LogP contribution in [-0.4, -0.2) is 61.7 Å². The highest BCUT2D eigenvalue weighted by Crippen LogP contribution is 2.32. The lowest BCUT2D eigenvalue weighted by Gasteiger charge is -2.25. The summed E-state index contributed by atoms with van der Waals surface area (Å²) in [5.74, 6) is -0.0937. The summed E-state index contributed by atoms with van der Waals surface area (Å²) in [6, 6.07) is 11.6. The normalized spacial score (nSPS) is 16.1. The standard InChI is InChI=1S/C25H23F3N6O2/c1-16-12-33(15-29-16)21-8-7-18(11-22(21)36-2)20-13-34(31-30-20)23-19-6-4-3-5-17(19)9-10-32(24(23)35)14-25(26,27)28/h3-8,11-13,15,23H,9-10,14H2,1-2H3/t23-/m1/s1. The van der Waals surface area contributed by atoms with Crippen molar-refractivity contribution in [3.8, 4) is 22.7 Å². The molecule has 0 fully saturated rings. The summed E-state index contributed by atoms with van der Waals surface area (Å²) in [6.07, 6.45) is 0.950. The molecule has 2 aromatic carbocycles. The van der Waals surface area contributed by atoms with Gasteiger partial charge in [-0.3, -0.25) is 4.79 Å². The smallest absolute Gasteiger partial charge is 0.406 e. The number of methoxy groups -OCH3 is 1. The number of halogens is 3. The van der Waals surface area contributed by atoms with Gasteiger partial charge < -0.3 is 14.2 Å². The van der Waals surface area contributed by atoms with Crippen molar-refractivity contribution >= 4 is 5.91 Å². The highest BCUT2D eigenvalue weighted by atomic mass is 19.4. The minimum Gasteiger partial charge on any atom is -0.495 e. The summed E-state index contributed by atoms with van der Waals surface area (Å²) in [4.78, 5) is 18.4. The van der Waals surface area contributed by atoms with Crippen molar-refractivity contribution in [3.05, 3.63) is 78.0 Å². The molecule has 1 aliphatic heterocycles. The molecule has 8 nitrogen and oxygen atoms in total. The van der Waals surface area contributed by atoms with E-state index in [1.165, 1.54) is 4.68 Å². The largest absolute Gasteiger partial charge is 0.495 e. The van der Waals surface area contributed by atoms with Crippen LogP contribution in [-0.2, 0) is 11.2 Å². The predicted octanol–water partition coefficient (Wildman–Crippen LogP) is 3.98. The molecule has 36 heavy (non-hydrogen) atoms. The molecule has 4 aromatic rings. The minimum absolute atomic E-state index is 0.0280. The first kappa shape index (κ1) is 23.6. The molecule has 11 heteroatoms. The van der Waals surface area contributed by atoms with Crippen LogP contribution >= 0.6 is 0 Å². The van der Waals surface area contributed by atoms with Crippen molar-refractivity contribution in [2.45, 2.75) is 25.6 Å². The van der Waals surface area contributed by atoms with Crippen molar-refractivity contribution in [1.29, 1.82) is 0 Å². The molecule has 0 radical (unpaired) electrons. The van der Waals surface area contributed by atoms with Gasteiger partial charge >= 0.3 is 6.18 Å². The van der Waals surface area contributed by atoms with Crippen molar-refractivity contribution < 1.29 is 22.7 Å². The fraction of sp³-hybridized carbons (Fsp3) is 0.280. The van der Waals surface area contributed by atoms with Crippen molar-refractivity contribution in [2.24, 2.45) is 0 Å². The van der Waals surface area contributed by atoms with E-state index in [1.807, 2.05) is 42.0 Å². The van der Waals surface area contributed by atoms with Gasteiger partial charge in [-0.05, 0) is 36.6 Å². The molecule has 0 saturated heterocycles. The molecule has 1 aliphatic rings. The van der Waals surface area contributed by atoms with Gasteiger partial charge in [0.1, 0.15) is 18.0 Å². The SMILES string of the molecule is COc1cc(-c2cn([C@H]3C(=O)N(CC(F)(F)F)CCc4ccccc43)nn2)ccc1-n1cnc(C)c1. The first-order valence-corrected chi connectivity index (χ1v) is 11.3. The number of ether oxygens (including phenoxy) is 1. The topological polar surface area (TPSA) is 78.1 Å². The van der Waals surface area contributed by atoms with E-state index in [0.29, 0.717) is 29.0 Å². The molecular weight excluding hydrogens is 473 g/mol. The lowest BCUT2D eigenvalue weighted by Crippen LogP contribution is -2.42. The fourth-order valence-electron chi connectivity index (χ4n) is 4.47. The average Bonchev–Trinajstić information content (AvgIpc) is 3.48. The average molecular weight is 496 g/mol. The molecule has 0 aliphatic carbocycles. The number of aromatic nitrogens is 5. The molecule has 3 heterocycles. The van der Waals surface area contributed by atoms with E-state index in [1.54, 1.807) is 37.8 Å². The van der Waals surface area contributed by atoms with Gasteiger partial charge in [-0.15, -0.1) is 5.10 Å². The number of rotatable bonds is 5. The van der Waals surface area contributed by atoms with Gasteiger partial charge in [0.15, 0.2) is 6.04 Å². The van der Waals surface area contributed by atoms with E-state index in [-0.39, 0.29) is 6.54 Å². The number of fused-ring (bicyclic) bond motifs is 1. The number of benzene rings is 2. The summed E-state index contributed by atoms with van der Waals surface area (Å²) in [7, 11) is 1.56. The quantitative estimate of drug-likeness (QED) is 0.418. The second-order valence-corrected chi connectivity index (χ2v) is 8.62. The summed E-state index contributed by atoms with van der Waals surface area (Å²) in [5.41, 5.74) is 4.20. The molecule has 0 N–H and O–H groups in total. The maximum Gasteiger partial charge on any atom is 0.406 e. The highest BCUT2D eigenvalue weighted by molar-refractivity contribution is 5.85. The van der Waals surface area contributed by atoms with Gasteiger partial charge in [-0.2, -0.15) is 13.2 Å². The van der Waals surface area contributed by atoms with Gasteiger partial charge in [0, 0.05) is 18.3 Å². The van der Waals surface area contributed by atoms with Crippen molar-refractivity contribution in [3.63, 3.8) is 0 Å². The van der Waals surface area contributed by atoms with Crippen molar-refractivity contribution in [1.82, 2.24) is 29.4 Å². The summed E-state index contributed by atoms with van der Waals surface area (Å²) in [6.45, 7) is 0.544. The number of aryl methyl sites for hydroxylation is 1. The van der Waals surface area contributed by atoms with Gasteiger partial charge in [-0.25, -0.2) is 9.67 Å². The Labute approximate surface area is 204 Å². The lowest BCUT2D eigenvalue weighted by molar-refractivity contribution is -0.162. The molecule has 5 rings (SSSR count). The Hall–Kier alpha value is -4.15. The van der Waals surface area contributed by atoms with E-state index >= 15 is 0 Å². The van der Waals surface area contributed by atoms with Crippen LogP contribution in [0.5, 0.6) is 5.75 Å². The van der Waals surface area contributed by atoms with Gasteiger partial charge in [-0.1, -0.05) is 35.5 Å². The van der Waals surface area contributed by atoms with Crippen LogP contribution < -0.4 is 4.74 Å². The number of nitrogens with zero attached hydrogens (tertiary/aromatic N) is 6. The molecule has 1 atom stereocenters. The van der Waals surface area contributed by atoms with Crippen LogP contribution in [0.1, 0.15) is 22.9 Å². The Bertz CT molecular complexity index is 1410. The minimum atomic E-state index is -4.50. The molecule has 0 bridgehead atoms. The van der Waals surface area contributed by atoms with Crippen LogP contribution in [0.2, 0.25) is 0 Å². The van der Waals surface area contributed by atoms with E-state index in [2.05, 4.69) is 15.3 Å². The van der Waals surface area contributed by atoms with Gasteiger partial charge in [0.2, 0.25) is 0 Å². The molecule has 0 saturated carbocycles. The molecule has 0 unspecified atom stereocenters. The van der Waals surface area contributed by atoms with Crippen LogP contribution in [0.25, 0.3) is 16.9 Å². The molecule has 0 spiro atoms. The maximum absolute atomic E-state index is 13.3. The van der Waals surface area contributed by atoms with E-state index < -0.39 is 24.7 Å². The first-order chi connectivity index (χ1) is 17.2. The maximum atomic E-state index is 13.3. The Balaban J connectivity index is 1.52. The zero-order chi connectivity index (χ0) is 25.4. The van der Waals surface area contributed by atoms with Gasteiger partial charge in [0.25, 0.3) is 5.91 Å². The van der Waals surface area contributed by atoms with Crippen LogP contribution in [0, 0.1) is 6.92 Å². The Kier molecular flexibility index (Phi) is 5.99. The lowest BCUT2D eigenvalue weighted by atomic mass is 9.99. The van der Waals surface area contributed by atoms with Crippen LogP contribution in [0.3, 0.4) is 0 Å². The fourth-order valence-corrected chi connectivity index (χ4v) is 4.47.